The molecule has 0 saturated carbocycles. The number of benzene rings is 1. The summed E-state index contributed by atoms with van der Waals surface area (Å²) < 4.78 is 46.9. The van der Waals surface area contributed by atoms with E-state index in [4.69, 9.17) is 4.74 Å². The van der Waals surface area contributed by atoms with Crippen LogP contribution in [0.2, 0.25) is 0 Å². The van der Waals surface area contributed by atoms with Crippen LogP contribution in [0.3, 0.4) is 0 Å². The van der Waals surface area contributed by atoms with E-state index in [1.807, 2.05) is 0 Å². The van der Waals surface area contributed by atoms with E-state index in [2.05, 4.69) is 30.9 Å². The maximum Gasteiger partial charge on any atom is 0.416 e. The second-order valence-electron chi connectivity index (χ2n) is 5.89. The minimum atomic E-state index is -4.45. The number of imidazole rings is 1. The van der Waals surface area contributed by atoms with Crippen molar-refractivity contribution in [1.82, 2.24) is 19.5 Å². The van der Waals surface area contributed by atoms with Gasteiger partial charge in [-0.05, 0) is 52.3 Å². The van der Waals surface area contributed by atoms with Crippen LogP contribution in [0.25, 0.3) is 28.2 Å². The first-order valence-corrected chi connectivity index (χ1v) is 8.88. The fourth-order valence-electron chi connectivity index (χ4n) is 2.82. The van der Waals surface area contributed by atoms with Gasteiger partial charge in [0.25, 0.3) is 0 Å². The zero-order valence-electron chi connectivity index (χ0n) is 14.4. The Bertz CT molecular complexity index is 1140. The number of pyridine rings is 2. The van der Waals surface area contributed by atoms with Crippen molar-refractivity contribution in [1.29, 1.82) is 0 Å². The summed E-state index contributed by atoms with van der Waals surface area (Å²) in [6.07, 6.45) is -1.28. The Balaban J connectivity index is 1.98. The Labute approximate surface area is 166 Å². The van der Waals surface area contributed by atoms with Crippen LogP contribution < -0.4 is 4.74 Å². The number of nitrogens with zero attached hydrogens (tertiary/aromatic N) is 4. The Kier molecular flexibility index (Phi) is 4.54. The highest BCUT2D eigenvalue weighted by Crippen LogP contribution is 2.34. The molecule has 0 aliphatic heterocycles. The van der Waals surface area contributed by atoms with E-state index in [9.17, 15) is 13.2 Å². The van der Waals surface area contributed by atoms with Gasteiger partial charge in [0.2, 0.25) is 5.88 Å². The predicted octanol–water partition coefficient (Wildman–Crippen LogP) is 5.27. The number of aromatic nitrogens is 4. The lowest BCUT2D eigenvalue weighted by Crippen LogP contribution is -2.04. The molecule has 5 nitrogen and oxygen atoms in total. The van der Waals surface area contributed by atoms with Crippen molar-refractivity contribution in [3.63, 3.8) is 0 Å². The summed E-state index contributed by atoms with van der Waals surface area (Å²) in [5, 5.41) is 0. The third-order valence-corrected chi connectivity index (χ3v) is 4.60. The first-order chi connectivity index (χ1) is 13.4. The molecule has 4 rings (SSSR count). The molecule has 0 spiro atoms. The molecule has 3 aromatic heterocycles. The fourth-order valence-corrected chi connectivity index (χ4v) is 3.06. The maximum absolute atomic E-state index is 13.1. The van der Waals surface area contributed by atoms with E-state index in [-0.39, 0.29) is 5.52 Å². The number of methoxy groups -OCH3 is 1. The lowest BCUT2D eigenvalue weighted by Gasteiger charge is -2.10. The van der Waals surface area contributed by atoms with Gasteiger partial charge in [-0.3, -0.25) is 9.55 Å². The molecule has 28 heavy (non-hydrogen) atoms. The topological polar surface area (TPSA) is 52.8 Å². The molecule has 0 aliphatic carbocycles. The molecule has 4 aromatic rings. The third-order valence-electron chi connectivity index (χ3n) is 4.13. The van der Waals surface area contributed by atoms with Crippen molar-refractivity contribution >= 4 is 27.0 Å². The molecule has 0 atom stereocenters. The monoisotopic (exact) mass is 448 g/mol. The zero-order chi connectivity index (χ0) is 19.9. The number of alkyl halides is 3. The van der Waals surface area contributed by atoms with E-state index < -0.39 is 11.7 Å². The Hall–Kier alpha value is -2.94. The summed E-state index contributed by atoms with van der Waals surface area (Å²) in [6, 6.07) is 10.4. The van der Waals surface area contributed by atoms with Crippen LogP contribution in [0.1, 0.15) is 5.56 Å². The highest BCUT2D eigenvalue weighted by Gasteiger charge is 2.31. The van der Waals surface area contributed by atoms with Gasteiger partial charge in [-0.2, -0.15) is 13.2 Å². The average Bonchev–Trinajstić information content (AvgIpc) is 3.06. The van der Waals surface area contributed by atoms with Crippen LogP contribution in [0.15, 0.2) is 59.3 Å². The first-order valence-electron chi connectivity index (χ1n) is 8.09. The SMILES string of the molecule is COc1ccc(-n2c(-c3ccc(Br)cn3)nc3cc(C(F)(F)F)ccc32)cn1. The molecule has 0 radical (unpaired) electrons. The van der Waals surface area contributed by atoms with Crippen molar-refractivity contribution in [2.75, 3.05) is 7.11 Å². The molecule has 1 aromatic carbocycles. The van der Waals surface area contributed by atoms with Gasteiger partial charge in [0, 0.05) is 16.7 Å². The third kappa shape index (κ3) is 3.33. The van der Waals surface area contributed by atoms with Gasteiger partial charge >= 0.3 is 6.18 Å². The predicted molar refractivity (Wildman–Crippen MR) is 101 cm³/mol. The first kappa shape index (κ1) is 18.4. The van der Waals surface area contributed by atoms with Gasteiger partial charge in [-0.1, -0.05) is 0 Å². The van der Waals surface area contributed by atoms with Gasteiger partial charge < -0.3 is 4.74 Å². The highest BCUT2D eigenvalue weighted by molar-refractivity contribution is 9.10. The number of fused-ring (bicyclic) bond motifs is 1. The van der Waals surface area contributed by atoms with E-state index in [0.29, 0.717) is 28.6 Å². The fraction of sp³-hybridized carbons (Fsp3) is 0.105. The summed E-state index contributed by atoms with van der Waals surface area (Å²) >= 11 is 3.32. The number of rotatable bonds is 3. The Morgan fingerprint density at radius 2 is 1.82 bits per heavy atom. The summed E-state index contributed by atoms with van der Waals surface area (Å²) in [5.74, 6) is 0.838. The van der Waals surface area contributed by atoms with Crippen LogP contribution in [0.5, 0.6) is 5.88 Å². The highest BCUT2D eigenvalue weighted by atomic mass is 79.9. The standard InChI is InChI=1S/C19H12BrF3N4O/c1-28-17-7-4-13(10-25-17)27-16-6-2-11(19(21,22)23)8-15(16)26-18(27)14-5-3-12(20)9-24-14/h2-10H,1H3. The number of hydrogen-bond donors (Lipinski definition) is 0. The van der Waals surface area contributed by atoms with Crippen molar-refractivity contribution < 1.29 is 17.9 Å². The molecule has 3 heterocycles. The lowest BCUT2D eigenvalue weighted by molar-refractivity contribution is -0.137. The molecule has 0 amide bonds. The molecular weight excluding hydrogens is 437 g/mol. The maximum atomic E-state index is 13.1. The van der Waals surface area contributed by atoms with E-state index >= 15 is 0 Å². The van der Waals surface area contributed by atoms with Crippen molar-refractivity contribution in [3.05, 3.63) is 64.9 Å². The van der Waals surface area contributed by atoms with Crippen molar-refractivity contribution in [3.8, 4) is 23.1 Å². The molecule has 0 bridgehead atoms. The molecule has 142 valence electrons. The summed E-state index contributed by atoms with van der Waals surface area (Å²) in [7, 11) is 1.50. The second-order valence-corrected chi connectivity index (χ2v) is 6.81. The van der Waals surface area contributed by atoms with E-state index in [1.165, 1.54) is 13.2 Å². The van der Waals surface area contributed by atoms with E-state index in [0.717, 1.165) is 16.6 Å². The zero-order valence-corrected chi connectivity index (χ0v) is 16.0. The molecule has 0 N–H and O–H groups in total. The minimum Gasteiger partial charge on any atom is -0.481 e. The quantitative estimate of drug-likeness (QED) is 0.428. The molecule has 9 heteroatoms. The summed E-state index contributed by atoms with van der Waals surface area (Å²) in [6.45, 7) is 0. The van der Waals surface area contributed by atoms with Gasteiger partial charge in [0.15, 0.2) is 5.82 Å². The van der Waals surface area contributed by atoms with Gasteiger partial charge in [0.1, 0.15) is 5.69 Å². The average molecular weight is 449 g/mol. The largest absolute Gasteiger partial charge is 0.481 e. The van der Waals surface area contributed by atoms with Crippen LogP contribution in [-0.4, -0.2) is 26.6 Å². The number of ether oxygens (including phenoxy) is 1. The molecule has 0 saturated heterocycles. The van der Waals surface area contributed by atoms with Crippen LogP contribution in [0, 0.1) is 0 Å². The smallest absolute Gasteiger partial charge is 0.416 e. The van der Waals surface area contributed by atoms with Gasteiger partial charge in [-0.15, -0.1) is 0 Å². The number of halogens is 4. The molecule has 0 unspecified atom stereocenters. The van der Waals surface area contributed by atoms with E-state index in [1.54, 1.807) is 41.2 Å². The second kappa shape index (κ2) is 6.90. The van der Waals surface area contributed by atoms with Crippen molar-refractivity contribution in [2.45, 2.75) is 6.18 Å². The van der Waals surface area contributed by atoms with Crippen LogP contribution in [0.4, 0.5) is 13.2 Å². The summed E-state index contributed by atoms with van der Waals surface area (Å²) in [4.78, 5) is 13.0. The van der Waals surface area contributed by atoms with Crippen LogP contribution >= 0.6 is 15.9 Å². The van der Waals surface area contributed by atoms with Gasteiger partial charge in [-0.25, -0.2) is 9.97 Å². The number of hydrogen-bond acceptors (Lipinski definition) is 4. The minimum absolute atomic E-state index is 0.213. The normalized spacial score (nSPS) is 11.8. The molecular formula is C19H12BrF3N4O. The van der Waals surface area contributed by atoms with Gasteiger partial charge in [0.05, 0.1) is 35.6 Å². The lowest BCUT2D eigenvalue weighted by atomic mass is 10.2. The Morgan fingerprint density at radius 3 is 2.43 bits per heavy atom. The molecule has 0 aliphatic rings. The summed E-state index contributed by atoms with van der Waals surface area (Å²) in [5.41, 5.74) is 1.12. The Morgan fingerprint density at radius 1 is 1.00 bits per heavy atom. The molecule has 0 fully saturated rings. The van der Waals surface area contributed by atoms with Crippen LogP contribution in [-0.2, 0) is 6.18 Å². The van der Waals surface area contributed by atoms with Crippen molar-refractivity contribution in [2.24, 2.45) is 0 Å².